The van der Waals surface area contributed by atoms with E-state index in [4.69, 9.17) is 4.74 Å². The Morgan fingerprint density at radius 3 is 2.65 bits per heavy atom. The number of amides is 1. The molecule has 0 aliphatic carbocycles. The van der Waals surface area contributed by atoms with Gasteiger partial charge in [0.1, 0.15) is 5.75 Å². The van der Waals surface area contributed by atoms with E-state index in [0.29, 0.717) is 12.2 Å². The number of carbonyl (C=O) groups excluding carboxylic acids is 1. The Bertz CT molecular complexity index is 467. The van der Waals surface area contributed by atoms with E-state index >= 15 is 0 Å². The van der Waals surface area contributed by atoms with E-state index in [1.165, 1.54) is 0 Å². The molecule has 0 aliphatic rings. The average Bonchev–Trinajstić information content (AvgIpc) is 2.38. The Kier molecular flexibility index (Phi) is 5.57. The van der Waals surface area contributed by atoms with Gasteiger partial charge in [0.2, 0.25) is 0 Å². The zero-order valence-electron chi connectivity index (χ0n) is 13.0. The number of aliphatic hydroxyl groups is 1. The fourth-order valence-electron chi connectivity index (χ4n) is 1.62. The number of ether oxygens (including phenoxy) is 1. The molecule has 1 amide bonds. The van der Waals surface area contributed by atoms with Crippen LogP contribution in [0.4, 0.5) is 0 Å². The summed E-state index contributed by atoms with van der Waals surface area (Å²) in [6.07, 6.45) is 0. The zero-order valence-corrected chi connectivity index (χ0v) is 13.0. The van der Waals surface area contributed by atoms with E-state index < -0.39 is 5.60 Å². The largest absolute Gasteiger partial charge is 0.494 e. The van der Waals surface area contributed by atoms with Crippen molar-refractivity contribution in [1.29, 1.82) is 0 Å². The van der Waals surface area contributed by atoms with Crippen LogP contribution >= 0.6 is 0 Å². The lowest BCUT2D eigenvalue weighted by Gasteiger charge is -2.27. The van der Waals surface area contributed by atoms with Crippen molar-refractivity contribution in [2.24, 2.45) is 5.92 Å². The molecular formula is C16H25NO3. The first-order valence-electron chi connectivity index (χ1n) is 7.02. The van der Waals surface area contributed by atoms with Crippen molar-refractivity contribution in [2.45, 2.75) is 40.2 Å². The number of carbonyl (C=O) groups is 1. The van der Waals surface area contributed by atoms with Crippen LogP contribution in [-0.4, -0.2) is 29.8 Å². The molecule has 1 aromatic carbocycles. The lowest BCUT2D eigenvalue weighted by atomic mass is 9.92. The highest BCUT2D eigenvalue weighted by molar-refractivity contribution is 5.94. The highest BCUT2D eigenvalue weighted by atomic mass is 16.5. The second-order valence-electron chi connectivity index (χ2n) is 5.61. The molecule has 4 nitrogen and oxygen atoms in total. The van der Waals surface area contributed by atoms with Gasteiger partial charge in [0.15, 0.2) is 0 Å². The molecule has 0 aliphatic heterocycles. The van der Waals surface area contributed by atoms with E-state index in [1.807, 2.05) is 33.8 Å². The first-order valence-corrected chi connectivity index (χ1v) is 7.02. The molecule has 2 N–H and O–H groups in total. The van der Waals surface area contributed by atoms with Crippen LogP contribution in [0, 0.1) is 12.8 Å². The monoisotopic (exact) mass is 279 g/mol. The van der Waals surface area contributed by atoms with Crippen LogP contribution in [0.5, 0.6) is 5.75 Å². The molecule has 0 saturated carbocycles. The van der Waals surface area contributed by atoms with Crippen LogP contribution in [0.3, 0.4) is 0 Å². The van der Waals surface area contributed by atoms with Gasteiger partial charge in [0, 0.05) is 12.1 Å². The Labute approximate surface area is 121 Å². The summed E-state index contributed by atoms with van der Waals surface area (Å²) < 4.78 is 5.48. The number of hydrogen-bond donors (Lipinski definition) is 2. The molecule has 4 heteroatoms. The van der Waals surface area contributed by atoms with Gasteiger partial charge in [-0.2, -0.15) is 0 Å². The maximum Gasteiger partial charge on any atom is 0.251 e. The van der Waals surface area contributed by atoms with Crippen LogP contribution in [0.25, 0.3) is 0 Å². The molecule has 0 spiro atoms. The van der Waals surface area contributed by atoms with Gasteiger partial charge in [0.05, 0.1) is 12.2 Å². The summed E-state index contributed by atoms with van der Waals surface area (Å²) in [6.45, 7) is 10.2. The summed E-state index contributed by atoms with van der Waals surface area (Å²) in [5.74, 6) is 0.586. The van der Waals surface area contributed by atoms with Crippen molar-refractivity contribution in [1.82, 2.24) is 5.32 Å². The summed E-state index contributed by atoms with van der Waals surface area (Å²) in [5.41, 5.74) is 0.625. The smallest absolute Gasteiger partial charge is 0.251 e. The second kappa shape index (κ2) is 6.75. The lowest BCUT2D eigenvalue weighted by Crippen LogP contribution is -2.44. The standard InChI is InChI=1S/C16H25NO3/c1-6-20-14-9-13(8-7-12(14)4)15(18)17-10-16(5,19)11(2)3/h7-9,11,19H,6,10H2,1-5H3,(H,17,18). The molecule has 0 heterocycles. The van der Waals surface area contributed by atoms with E-state index in [1.54, 1.807) is 19.1 Å². The summed E-state index contributed by atoms with van der Waals surface area (Å²) in [4.78, 5) is 12.1. The molecule has 1 aromatic rings. The Morgan fingerprint density at radius 2 is 2.10 bits per heavy atom. The molecule has 20 heavy (non-hydrogen) atoms. The van der Waals surface area contributed by atoms with E-state index in [-0.39, 0.29) is 18.4 Å². The Hall–Kier alpha value is -1.55. The first kappa shape index (κ1) is 16.5. The summed E-state index contributed by atoms with van der Waals surface area (Å²) in [7, 11) is 0. The van der Waals surface area contributed by atoms with E-state index in [0.717, 1.165) is 11.3 Å². The highest BCUT2D eigenvalue weighted by Crippen LogP contribution is 2.20. The van der Waals surface area contributed by atoms with Crippen LogP contribution in [0.1, 0.15) is 43.6 Å². The van der Waals surface area contributed by atoms with Crippen molar-refractivity contribution in [2.75, 3.05) is 13.2 Å². The molecular weight excluding hydrogens is 254 g/mol. The molecule has 0 radical (unpaired) electrons. The van der Waals surface area contributed by atoms with Gasteiger partial charge < -0.3 is 15.2 Å². The number of rotatable bonds is 6. The molecule has 112 valence electrons. The van der Waals surface area contributed by atoms with Crippen LogP contribution < -0.4 is 10.1 Å². The first-order chi connectivity index (χ1) is 9.27. The summed E-state index contributed by atoms with van der Waals surface area (Å²) in [5, 5.41) is 12.9. The fraction of sp³-hybridized carbons (Fsp3) is 0.562. The van der Waals surface area contributed by atoms with E-state index in [9.17, 15) is 9.90 Å². The maximum absolute atomic E-state index is 12.1. The molecule has 0 saturated heterocycles. The molecule has 0 aromatic heterocycles. The second-order valence-corrected chi connectivity index (χ2v) is 5.61. The van der Waals surface area contributed by atoms with Crippen molar-refractivity contribution in [3.8, 4) is 5.75 Å². The number of hydrogen-bond acceptors (Lipinski definition) is 3. The van der Waals surface area contributed by atoms with Gasteiger partial charge in [-0.3, -0.25) is 4.79 Å². The highest BCUT2D eigenvalue weighted by Gasteiger charge is 2.25. The minimum Gasteiger partial charge on any atom is -0.494 e. The minimum atomic E-state index is -0.914. The molecule has 0 bridgehead atoms. The number of benzene rings is 1. The predicted octanol–water partition coefficient (Wildman–Crippen LogP) is 2.53. The number of nitrogens with one attached hydrogen (secondary N) is 1. The fourth-order valence-corrected chi connectivity index (χ4v) is 1.62. The number of aryl methyl sites for hydroxylation is 1. The minimum absolute atomic E-state index is 0.0693. The van der Waals surface area contributed by atoms with Gasteiger partial charge in [-0.05, 0) is 44.4 Å². The van der Waals surface area contributed by atoms with Gasteiger partial charge in [-0.15, -0.1) is 0 Å². The third kappa shape index (κ3) is 4.23. The molecule has 1 rings (SSSR count). The van der Waals surface area contributed by atoms with E-state index in [2.05, 4.69) is 5.32 Å². The predicted molar refractivity (Wildman–Crippen MR) is 80.1 cm³/mol. The Morgan fingerprint density at radius 1 is 1.45 bits per heavy atom. The lowest BCUT2D eigenvalue weighted by molar-refractivity contribution is 0.0142. The Balaban J connectivity index is 2.75. The zero-order chi connectivity index (χ0) is 15.3. The van der Waals surface area contributed by atoms with Crippen LogP contribution in [0.15, 0.2) is 18.2 Å². The molecule has 1 unspecified atom stereocenters. The topological polar surface area (TPSA) is 58.6 Å². The third-order valence-electron chi connectivity index (χ3n) is 3.60. The van der Waals surface area contributed by atoms with Gasteiger partial charge >= 0.3 is 0 Å². The van der Waals surface area contributed by atoms with Crippen molar-refractivity contribution in [3.05, 3.63) is 29.3 Å². The van der Waals surface area contributed by atoms with Crippen molar-refractivity contribution >= 4 is 5.91 Å². The summed E-state index contributed by atoms with van der Waals surface area (Å²) >= 11 is 0. The normalized spacial score (nSPS) is 13.9. The van der Waals surface area contributed by atoms with Gasteiger partial charge in [-0.1, -0.05) is 19.9 Å². The average molecular weight is 279 g/mol. The van der Waals surface area contributed by atoms with Crippen molar-refractivity contribution in [3.63, 3.8) is 0 Å². The molecule has 1 atom stereocenters. The maximum atomic E-state index is 12.1. The summed E-state index contributed by atoms with van der Waals surface area (Å²) in [6, 6.07) is 5.36. The third-order valence-corrected chi connectivity index (χ3v) is 3.60. The van der Waals surface area contributed by atoms with Crippen LogP contribution in [0.2, 0.25) is 0 Å². The van der Waals surface area contributed by atoms with Gasteiger partial charge in [-0.25, -0.2) is 0 Å². The van der Waals surface area contributed by atoms with Gasteiger partial charge in [0.25, 0.3) is 5.91 Å². The quantitative estimate of drug-likeness (QED) is 0.841. The molecule has 0 fully saturated rings. The van der Waals surface area contributed by atoms with Crippen molar-refractivity contribution < 1.29 is 14.6 Å². The SMILES string of the molecule is CCOc1cc(C(=O)NCC(C)(O)C(C)C)ccc1C. The van der Waals surface area contributed by atoms with Crippen LogP contribution in [-0.2, 0) is 0 Å².